The summed E-state index contributed by atoms with van der Waals surface area (Å²) >= 11 is 0. The van der Waals surface area contributed by atoms with Gasteiger partial charge in [0, 0.05) is 16.3 Å². The molecule has 3 heteroatoms. The third kappa shape index (κ3) is 4.08. The number of nitrogens with zero attached hydrogens (tertiary/aromatic N) is 2. The van der Waals surface area contributed by atoms with E-state index in [1.54, 1.807) is 0 Å². The molecule has 0 aliphatic heterocycles. The molecule has 0 unspecified atom stereocenters. The van der Waals surface area contributed by atoms with Crippen LogP contribution in [0.4, 0.5) is 0 Å². The first-order valence-electron chi connectivity index (χ1n) is 11.3. The molecule has 0 aromatic heterocycles. The van der Waals surface area contributed by atoms with Gasteiger partial charge in [-0.1, -0.05) is 96.6 Å². The number of hydrogen-bond donors (Lipinski definition) is 0. The third-order valence-electron chi connectivity index (χ3n) is 6.28. The number of benzene rings is 5. The Bertz CT molecular complexity index is 1710. The summed E-state index contributed by atoms with van der Waals surface area (Å²) in [5, 5.41) is 23.1. The van der Waals surface area contributed by atoms with Gasteiger partial charge in [0.05, 0.1) is 11.1 Å². The van der Waals surface area contributed by atoms with Gasteiger partial charge in [0.2, 0.25) is 0 Å². The van der Waals surface area contributed by atoms with E-state index in [9.17, 15) is 15.3 Å². The average Bonchev–Trinajstić information content (AvgIpc) is 2.91. The van der Waals surface area contributed by atoms with Crippen molar-refractivity contribution in [2.75, 3.05) is 0 Å². The molecular formula is C32H20N2O. The van der Waals surface area contributed by atoms with Crippen LogP contribution in [0.3, 0.4) is 0 Å². The fraction of sp³-hybridized carbons (Fsp3) is 0.0312. The van der Waals surface area contributed by atoms with Crippen molar-refractivity contribution in [2.45, 2.75) is 6.92 Å². The van der Waals surface area contributed by atoms with Gasteiger partial charge in [0.25, 0.3) is 0 Å². The zero-order valence-corrected chi connectivity index (χ0v) is 19.1. The monoisotopic (exact) mass is 448 g/mol. The minimum atomic E-state index is 0.422. The van der Waals surface area contributed by atoms with E-state index in [0.29, 0.717) is 16.7 Å². The van der Waals surface area contributed by atoms with Crippen LogP contribution in [0.1, 0.15) is 38.2 Å². The Kier molecular flexibility index (Phi) is 5.68. The summed E-state index contributed by atoms with van der Waals surface area (Å²) in [6, 6.07) is 32.2. The standard InChI is InChI=1S/C32H20N2O/c1-21-2-14-27-29(16-21)30-17-23(9-15-28(30)32(19-34)31(27)18-33)4-3-22-5-10-25(11-6-22)26-12-7-24(20-35)8-13-26/h2-17,20H,1H3. The van der Waals surface area contributed by atoms with Crippen molar-refractivity contribution in [3.05, 3.63) is 118 Å². The fourth-order valence-electron chi connectivity index (χ4n) is 4.44. The zero-order valence-electron chi connectivity index (χ0n) is 19.1. The van der Waals surface area contributed by atoms with Crippen LogP contribution >= 0.6 is 0 Å². The van der Waals surface area contributed by atoms with Crippen molar-refractivity contribution in [3.8, 4) is 23.3 Å². The SMILES string of the molecule is Cc1ccc2c(C#N)c(C#N)c3ccc(C=Cc4ccc(-c5ccc(C=O)cc5)cc4)cc3c2c1. The molecule has 0 fully saturated rings. The molecule has 0 aliphatic rings. The van der Waals surface area contributed by atoms with Gasteiger partial charge in [0.1, 0.15) is 18.4 Å². The molecule has 5 rings (SSSR count). The molecular weight excluding hydrogens is 428 g/mol. The van der Waals surface area contributed by atoms with E-state index in [2.05, 4.69) is 60.7 Å². The smallest absolute Gasteiger partial charge is 0.150 e. The van der Waals surface area contributed by atoms with Crippen molar-refractivity contribution in [1.29, 1.82) is 10.5 Å². The van der Waals surface area contributed by atoms with Gasteiger partial charge in [-0.05, 0) is 46.0 Å². The van der Waals surface area contributed by atoms with Gasteiger partial charge < -0.3 is 0 Å². The molecule has 0 atom stereocenters. The maximum absolute atomic E-state index is 10.9. The number of nitriles is 2. The van der Waals surface area contributed by atoms with Crippen LogP contribution < -0.4 is 0 Å². The Balaban J connectivity index is 1.52. The molecule has 0 amide bonds. The van der Waals surface area contributed by atoms with Crippen molar-refractivity contribution >= 4 is 40.0 Å². The number of rotatable bonds is 4. The normalized spacial score (nSPS) is 10.9. The predicted octanol–water partition coefficient (Wildman–Crippen LogP) is 7.69. The van der Waals surface area contributed by atoms with Crippen LogP contribution in [0.2, 0.25) is 0 Å². The highest BCUT2D eigenvalue weighted by Crippen LogP contribution is 2.34. The summed E-state index contributed by atoms with van der Waals surface area (Å²) in [6.07, 6.45) is 4.96. The second kappa shape index (κ2) is 9.10. The van der Waals surface area contributed by atoms with Gasteiger partial charge in [-0.2, -0.15) is 10.5 Å². The number of hydrogen-bond acceptors (Lipinski definition) is 3. The molecule has 0 N–H and O–H groups in total. The minimum Gasteiger partial charge on any atom is -0.298 e. The maximum Gasteiger partial charge on any atom is 0.150 e. The minimum absolute atomic E-state index is 0.422. The van der Waals surface area contributed by atoms with E-state index in [0.717, 1.165) is 55.6 Å². The van der Waals surface area contributed by atoms with Crippen molar-refractivity contribution < 1.29 is 4.79 Å². The Morgan fingerprint density at radius 2 is 1.06 bits per heavy atom. The predicted molar refractivity (Wildman–Crippen MR) is 142 cm³/mol. The highest BCUT2D eigenvalue weighted by atomic mass is 16.1. The van der Waals surface area contributed by atoms with E-state index in [1.807, 2.05) is 55.5 Å². The number of aryl methyl sites for hydroxylation is 1. The summed E-state index contributed by atoms with van der Waals surface area (Å²) in [5.74, 6) is 0. The molecule has 0 saturated carbocycles. The maximum atomic E-state index is 10.9. The van der Waals surface area contributed by atoms with Gasteiger partial charge in [-0.15, -0.1) is 0 Å². The first kappa shape index (κ1) is 21.8. The van der Waals surface area contributed by atoms with Crippen LogP contribution in [0, 0.1) is 29.6 Å². The van der Waals surface area contributed by atoms with Crippen LogP contribution in [0.15, 0.2) is 84.9 Å². The molecule has 0 saturated heterocycles. The summed E-state index contributed by atoms with van der Waals surface area (Å²) in [6.45, 7) is 2.03. The molecule has 0 spiro atoms. The van der Waals surface area contributed by atoms with Crippen molar-refractivity contribution in [2.24, 2.45) is 0 Å². The van der Waals surface area contributed by atoms with Crippen molar-refractivity contribution in [1.82, 2.24) is 0 Å². The molecule has 35 heavy (non-hydrogen) atoms. The topological polar surface area (TPSA) is 64.7 Å². The molecule has 5 aromatic carbocycles. The second-order valence-electron chi connectivity index (χ2n) is 8.52. The zero-order chi connectivity index (χ0) is 24.4. The highest BCUT2D eigenvalue weighted by molar-refractivity contribution is 6.13. The lowest BCUT2D eigenvalue weighted by molar-refractivity contribution is 0.112. The number of carbonyl (C=O) groups is 1. The van der Waals surface area contributed by atoms with Crippen LogP contribution in [0.25, 0.3) is 44.8 Å². The molecule has 5 aromatic rings. The molecule has 0 radical (unpaired) electrons. The average molecular weight is 449 g/mol. The Morgan fingerprint density at radius 3 is 1.63 bits per heavy atom. The Hall–Kier alpha value is -4.99. The van der Waals surface area contributed by atoms with Crippen LogP contribution in [-0.4, -0.2) is 6.29 Å². The second-order valence-corrected chi connectivity index (χ2v) is 8.52. The summed E-state index contributed by atoms with van der Waals surface area (Å²) in [4.78, 5) is 10.9. The van der Waals surface area contributed by atoms with Gasteiger partial charge in [-0.25, -0.2) is 0 Å². The van der Waals surface area contributed by atoms with Crippen molar-refractivity contribution in [3.63, 3.8) is 0 Å². The Morgan fingerprint density at radius 1 is 0.571 bits per heavy atom. The fourth-order valence-corrected chi connectivity index (χ4v) is 4.44. The number of fused-ring (bicyclic) bond motifs is 3. The molecule has 0 bridgehead atoms. The van der Waals surface area contributed by atoms with Gasteiger partial charge >= 0.3 is 0 Å². The lowest BCUT2D eigenvalue weighted by Gasteiger charge is -2.11. The molecule has 0 aliphatic carbocycles. The van der Waals surface area contributed by atoms with E-state index in [4.69, 9.17) is 0 Å². The van der Waals surface area contributed by atoms with E-state index < -0.39 is 0 Å². The molecule has 3 nitrogen and oxygen atoms in total. The van der Waals surface area contributed by atoms with E-state index >= 15 is 0 Å². The van der Waals surface area contributed by atoms with Gasteiger partial charge in [0.15, 0.2) is 0 Å². The summed E-state index contributed by atoms with van der Waals surface area (Å²) < 4.78 is 0. The Labute approximate surface area is 203 Å². The quantitative estimate of drug-likeness (QED) is 0.161. The van der Waals surface area contributed by atoms with Crippen LogP contribution in [-0.2, 0) is 0 Å². The first-order chi connectivity index (χ1) is 17.1. The third-order valence-corrected chi connectivity index (χ3v) is 6.28. The summed E-state index contributed by atoms with van der Waals surface area (Å²) in [7, 11) is 0. The van der Waals surface area contributed by atoms with Crippen LogP contribution in [0.5, 0.6) is 0 Å². The first-order valence-corrected chi connectivity index (χ1v) is 11.3. The van der Waals surface area contributed by atoms with E-state index in [-0.39, 0.29) is 0 Å². The number of aldehydes is 1. The lowest BCUT2D eigenvalue weighted by atomic mass is 9.91. The number of carbonyl (C=O) groups excluding carboxylic acids is 1. The van der Waals surface area contributed by atoms with E-state index in [1.165, 1.54) is 0 Å². The largest absolute Gasteiger partial charge is 0.298 e. The van der Waals surface area contributed by atoms with Gasteiger partial charge in [-0.3, -0.25) is 4.79 Å². The lowest BCUT2D eigenvalue weighted by Crippen LogP contribution is -1.92. The molecule has 164 valence electrons. The molecule has 0 heterocycles. The summed E-state index contributed by atoms with van der Waals surface area (Å²) in [5.41, 5.74) is 6.85. The highest BCUT2D eigenvalue weighted by Gasteiger charge is 2.14.